The molecular weight excluding hydrogens is 404 g/mol. The molecule has 0 heterocycles. The van der Waals surface area contributed by atoms with E-state index in [2.05, 4.69) is 17.6 Å². The molecule has 0 saturated heterocycles. The molecule has 3 N–H and O–H groups in total. The second-order valence-corrected chi connectivity index (χ2v) is 11.0. The molecular formula is C26H50N2O4. The fourth-order valence-corrected chi connectivity index (χ4v) is 4.56. The van der Waals surface area contributed by atoms with Crippen LogP contribution in [-0.2, 0) is 9.53 Å². The van der Waals surface area contributed by atoms with Gasteiger partial charge in [0.1, 0.15) is 11.6 Å². The summed E-state index contributed by atoms with van der Waals surface area (Å²) >= 11 is 0. The number of ether oxygens (including phenoxy) is 1. The fourth-order valence-electron chi connectivity index (χ4n) is 4.56. The lowest BCUT2D eigenvalue weighted by molar-refractivity contribution is -0.129. The van der Waals surface area contributed by atoms with Crippen molar-refractivity contribution in [2.45, 2.75) is 136 Å². The summed E-state index contributed by atoms with van der Waals surface area (Å²) in [6.07, 6.45) is 13.5. The zero-order chi connectivity index (χ0) is 24.2. The Morgan fingerprint density at radius 2 is 1.59 bits per heavy atom. The molecule has 6 nitrogen and oxygen atoms in total. The molecule has 6 heteroatoms. The van der Waals surface area contributed by atoms with Gasteiger partial charge in [0.15, 0.2) is 0 Å². The first-order valence-corrected chi connectivity index (χ1v) is 13.0. The van der Waals surface area contributed by atoms with Gasteiger partial charge >= 0.3 is 6.09 Å². The molecule has 1 rings (SSSR count). The quantitative estimate of drug-likeness (QED) is 0.276. The largest absolute Gasteiger partial charge is 0.444 e. The zero-order valence-corrected chi connectivity index (χ0v) is 21.6. The highest BCUT2D eigenvalue weighted by atomic mass is 16.6. The Balaban J connectivity index is 2.57. The van der Waals surface area contributed by atoms with E-state index in [1.165, 1.54) is 44.9 Å². The van der Waals surface area contributed by atoms with Crippen molar-refractivity contribution in [2.75, 3.05) is 6.61 Å². The number of aliphatic hydroxyl groups excluding tert-OH is 1. The van der Waals surface area contributed by atoms with E-state index in [0.717, 1.165) is 32.1 Å². The molecule has 1 aliphatic carbocycles. The first-order valence-electron chi connectivity index (χ1n) is 13.0. The van der Waals surface area contributed by atoms with Gasteiger partial charge in [-0.25, -0.2) is 4.79 Å². The van der Waals surface area contributed by atoms with Crippen LogP contribution in [0.25, 0.3) is 0 Å². The van der Waals surface area contributed by atoms with Crippen LogP contribution in [0, 0.1) is 11.8 Å². The molecule has 3 atom stereocenters. The molecule has 1 fully saturated rings. The SMILES string of the molecule is CCCCCCCCCCCC1(NC(=O)[C@@H](NC(=O)OC(C)(C)C)C(C)C)CCC1CO. The summed E-state index contributed by atoms with van der Waals surface area (Å²) in [6, 6.07) is -0.662. The lowest BCUT2D eigenvalue weighted by Crippen LogP contribution is -2.64. The Hall–Kier alpha value is -1.30. The number of unbranched alkanes of at least 4 members (excludes halogenated alkanes) is 8. The predicted octanol–water partition coefficient (Wildman–Crippen LogP) is 5.71. The molecule has 0 aromatic carbocycles. The summed E-state index contributed by atoms with van der Waals surface area (Å²) in [5.41, 5.74) is -0.967. The number of nitrogens with one attached hydrogen (secondary N) is 2. The van der Waals surface area contributed by atoms with E-state index in [1.807, 2.05) is 13.8 Å². The molecule has 0 radical (unpaired) electrons. The summed E-state index contributed by atoms with van der Waals surface area (Å²) in [4.78, 5) is 25.4. The Kier molecular flexibility index (Phi) is 12.6. The van der Waals surface area contributed by atoms with E-state index in [-0.39, 0.29) is 29.9 Å². The maximum Gasteiger partial charge on any atom is 0.408 e. The molecule has 1 aliphatic rings. The van der Waals surface area contributed by atoms with Gasteiger partial charge in [0, 0.05) is 18.1 Å². The molecule has 0 aliphatic heterocycles. The minimum absolute atomic E-state index is 0.0695. The van der Waals surface area contributed by atoms with Crippen molar-refractivity contribution in [3.05, 3.63) is 0 Å². The van der Waals surface area contributed by atoms with Gasteiger partial charge in [0.25, 0.3) is 0 Å². The maximum atomic E-state index is 13.2. The van der Waals surface area contributed by atoms with Crippen molar-refractivity contribution >= 4 is 12.0 Å². The molecule has 188 valence electrons. The minimum Gasteiger partial charge on any atom is -0.444 e. The third-order valence-electron chi connectivity index (χ3n) is 6.66. The number of carbonyl (C=O) groups excluding carboxylic acids is 2. The number of amides is 2. The average Bonchev–Trinajstić information content (AvgIpc) is 2.67. The molecule has 2 amide bonds. The van der Waals surface area contributed by atoms with Crippen molar-refractivity contribution in [3.63, 3.8) is 0 Å². The third-order valence-corrected chi connectivity index (χ3v) is 6.66. The molecule has 0 bridgehead atoms. The van der Waals surface area contributed by atoms with E-state index < -0.39 is 17.7 Å². The van der Waals surface area contributed by atoms with Crippen LogP contribution in [0.1, 0.15) is 119 Å². The molecule has 0 spiro atoms. The minimum atomic E-state index is -0.662. The fraction of sp³-hybridized carbons (Fsp3) is 0.923. The average molecular weight is 455 g/mol. The summed E-state index contributed by atoms with van der Waals surface area (Å²) in [6.45, 7) is 11.6. The molecule has 0 aromatic heterocycles. The van der Waals surface area contributed by atoms with Gasteiger partial charge in [-0.1, -0.05) is 78.6 Å². The number of carbonyl (C=O) groups is 2. The van der Waals surface area contributed by atoms with Gasteiger partial charge < -0.3 is 20.5 Å². The highest BCUT2D eigenvalue weighted by Crippen LogP contribution is 2.42. The van der Waals surface area contributed by atoms with Gasteiger partial charge in [-0.15, -0.1) is 0 Å². The number of hydrogen-bond donors (Lipinski definition) is 3. The van der Waals surface area contributed by atoms with Crippen molar-refractivity contribution < 1.29 is 19.4 Å². The highest BCUT2D eigenvalue weighted by Gasteiger charge is 2.47. The second kappa shape index (κ2) is 14.1. The monoisotopic (exact) mass is 454 g/mol. The first-order chi connectivity index (χ1) is 15.0. The Morgan fingerprint density at radius 1 is 1.03 bits per heavy atom. The smallest absolute Gasteiger partial charge is 0.408 e. The molecule has 32 heavy (non-hydrogen) atoms. The van der Waals surface area contributed by atoms with Crippen molar-refractivity contribution in [1.82, 2.24) is 10.6 Å². The third kappa shape index (κ3) is 10.1. The van der Waals surface area contributed by atoms with Gasteiger partial charge in [-0.3, -0.25) is 4.79 Å². The zero-order valence-electron chi connectivity index (χ0n) is 21.6. The first kappa shape index (κ1) is 28.7. The highest BCUT2D eigenvalue weighted by molar-refractivity contribution is 5.86. The Bertz CT molecular complexity index is 557. The van der Waals surface area contributed by atoms with Crippen molar-refractivity contribution in [1.29, 1.82) is 0 Å². The van der Waals surface area contributed by atoms with Crippen LogP contribution in [0.2, 0.25) is 0 Å². The second-order valence-electron chi connectivity index (χ2n) is 11.0. The maximum absolute atomic E-state index is 13.2. The van der Waals surface area contributed by atoms with Crippen LogP contribution in [-0.4, -0.2) is 40.9 Å². The predicted molar refractivity (Wildman–Crippen MR) is 131 cm³/mol. The van der Waals surface area contributed by atoms with Gasteiger partial charge in [0.05, 0.1) is 0 Å². The molecule has 2 unspecified atom stereocenters. The van der Waals surface area contributed by atoms with E-state index in [1.54, 1.807) is 20.8 Å². The number of aliphatic hydroxyl groups is 1. The van der Waals surface area contributed by atoms with E-state index in [4.69, 9.17) is 4.74 Å². The Labute approximate surface area is 196 Å². The molecule has 1 saturated carbocycles. The van der Waals surface area contributed by atoms with Crippen molar-refractivity contribution in [2.24, 2.45) is 11.8 Å². The van der Waals surface area contributed by atoms with E-state index >= 15 is 0 Å². The van der Waals surface area contributed by atoms with E-state index in [9.17, 15) is 14.7 Å². The van der Waals surface area contributed by atoms with Crippen LogP contribution >= 0.6 is 0 Å². The van der Waals surface area contributed by atoms with Gasteiger partial charge in [-0.2, -0.15) is 0 Å². The van der Waals surface area contributed by atoms with Crippen LogP contribution in [0.4, 0.5) is 4.79 Å². The number of alkyl carbamates (subject to hydrolysis) is 1. The normalized spacial score (nSPS) is 21.7. The standard InChI is InChI=1S/C26H50N2O4/c1-7-8-9-10-11-12-13-14-15-17-26(18-16-21(26)19-29)28-23(30)22(20(2)3)27-24(31)32-25(4,5)6/h20-22,29H,7-19H2,1-6H3,(H,27,31)(H,28,30)/t21?,22-,26?/m0/s1. The summed E-state index contributed by atoms with van der Waals surface area (Å²) < 4.78 is 5.34. The lowest BCUT2D eigenvalue weighted by Gasteiger charge is -2.50. The summed E-state index contributed by atoms with van der Waals surface area (Å²) in [7, 11) is 0. The van der Waals surface area contributed by atoms with E-state index in [0.29, 0.717) is 0 Å². The van der Waals surface area contributed by atoms with Crippen LogP contribution in [0.15, 0.2) is 0 Å². The summed E-state index contributed by atoms with van der Waals surface area (Å²) in [5, 5.41) is 15.8. The number of rotatable bonds is 15. The van der Waals surface area contributed by atoms with Crippen LogP contribution < -0.4 is 10.6 Å². The van der Waals surface area contributed by atoms with Gasteiger partial charge in [-0.05, 0) is 46.0 Å². The topological polar surface area (TPSA) is 87.7 Å². The molecule has 0 aromatic rings. The lowest BCUT2D eigenvalue weighted by atomic mass is 9.64. The van der Waals surface area contributed by atoms with Crippen LogP contribution in [0.5, 0.6) is 0 Å². The van der Waals surface area contributed by atoms with Gasteiger partial charge in [0.2, 0.25) is 5.91 Å². The summed E-state index contributed by atoms with van der Waals surface area (Å²) in [5.74, 6) is -0.158. The van der Waals surface area contributed by atoms with Crippen LogP contribution in [0.3, 0.4) is 0 Å². The Morgan fingerprint density at radius 3 is 2.03 bits per heavy atom. The number of hydrogen-bond acceptors (Lipinski definition) is 4. The van der Waals surface area contributed by atoms with Crippen molar-refractivity contribution in [3.8, 4) is 0 Å².